The maximum atomic E-state index is 10.2. The first-order valence-electron chi connectivity index (χ1n) is 2.48. The molecule has 0 spiro atoms. The first-order chi connectivity index (χ1) is 4.30. The molecule has 0 saturated carbocycles. The molecule has 0 aromatic heterocycles. The fourth-order valence-electron chi connectivity index (χ4n) is 0.504. The number of nitrogens with zero attached hydrogens (tertiary/aromatic N) is 1. The Labute approximate surface area is 51.9 Å². The van der Waals surface area contributed by atoms with Crippen LogP contribution in [-0.4, -0.2) is 23.3 Å². The van der Waals surface area contributed by atoms with E-state index in [-0.39, 0.29) is 0 Å². The van der Waals surface area contributed by atoms with Gasteiger partial charge < -0.3 is 10.4 Å². The molecule has 4 heteroatoms. The fraction of sp³-hybridized carbons (Fsp3) is 0.200. The summed E-state index contributed by atoms with van der Waals surface area (Å²) in [5.74, 6) is -0.914. The molecule has 0 bridgehead atoms. The molecule has 0 saturated heterocycles. The van der Waals surface area contributed by atoms with Crippen molar-refractivity contribution in [2.45, 2.75) is 6.04 Å². The minimum atomic E-state index is -0.914. The standard InChI is InChI=1S/C5H6N2O2/c8-5(9)4-3-6-1-2-7-4/h1-4,7H,(H,8,9). The summed E-state index contributed by atoms with van der Waals surface area (Å²) in [6, 6.07) is -0.657. The number of aliphatic imine (C=N–C) groups is 1. The van der Waals surface area contributed by atoms with Crippen molar-refractivity contribution in [2.24, 2.45) is 4.99 Å². The average Bonchev–Trinajstić information content (AvgIpc) is 1.90. The highest BCUT2D eigenvalue weighted by molar-refractivity contribution is 5.93. The second-order valence-corrected chi connectivity index (χ2v) is 1.60. The number of hydrogen-bond donors (Lipinski definition) is 2. The summed E-state index contributed by atoms with van der Waals surface area (Å²) in [6.45, 7) is 0. The lowest BCUT2D eigenvalue weighted by Gasteiger charge is -2.07. The van der Waals surface area contributed by atoms with E-state index < -0.39 is 12.0 Å². The van der Waals surface area contributed by atoms with Crippen LogP contribution >= 0.6 is 0 Å². The molecule has 1 atom stereocenters. The summed E-state index contributed by atoms with van der Waals surface area (Å²) >= 11 is 0. The van der Waals surface area contributed by atoms with Gasteiger partial charge in [-0.2, -0.15) is 0 Å². The molecule has 1 unspecified atom stereocenters. The minimum Gasteiger partial charge on any atom is -0.479 e. The minimum absolute atomic E-state index is 0.657. The number of carboxylic acids is 1. The molecule has 0 aromatic rings. The summed E-state index contributed by atoms with van der Waals surface area (Å²) in [4.78, 5) is 13.8. The highest BCUT2D eigenvalue weighted by Gasteiger charge is 2.12. The molecule has 0 aromatic carbocycles. The molecule has 2 N–H and O–H groups in total. The predicted octanol–water partition coefficient (Wildman–Crippen LogP) is -0.415. The van der Waals surface area contributed by atoms with E-state index in [9.17, 15) is 4.79 Å². The number of carbonyl (C=O) groups is 1. The molecule has 9 heavy (non-hydrogen) atoms. The van der Waals surface area contributed by atoms with Gasteiger partial charge in [0, 0.05) is 18.6 Å². The summed E-state index contributed by atoms with van der Waals surface area (Å²) in [5.41, 5.74) is 0. The van der Waals surface area contributed by atoms with Crippen LogP contribution in [0.1, 0.15) is 0 Å². The van der Waals surface area contributed by atoms with E-state index in [2.05, 4.69) is 10.3 Å². The highest BCUT2D eigenvalue weighted by Crippen LogP contribution is 1.86. The summed E-state index contributed by atoms with van der Waals surface area (Å²) in [7, 11) is 0. The number of hydrogen-bond acceptors (Lipinski definition) is 3. The molecule has 1 aliphatic rings. The maximum absolute atomic E-state index is 10.2. The molecular formula is C5H6N2O2. The van der Waals surface area contributed by atoms with Crippen molar-refractivity contribution >= 4 is 12.2 Å². The van der Waals surface area contributed by atoms with Crippen LogP contribution in [0.2, 0.25) is 0 Å². The van der Waals surface area contributed by atoms with Gasteiger partial charge in [0.15, 0.2) is 6.04 Å². The summed E-state index contributed by atoms with van der Waals surface area (Å²) in [6.07, 6.45) is 4.33. The fourth-order valence-corrected chi connectivity index (χ4v) is 0.504. The molecule has 1 aliphatic heterocycles. The van der Waals surface area contributed by atoms with Gasteiger partial charge in [-0.25, -0.2) is 4.79 Å². The van der Waals surface area contributed by atoms with E-state index in [1.165, 1.54) is 18.6 Å². The molecular weight excluding hydrogens is 120 g/mol. The Hall–Kier alpha value is -1.32. The van der Waals surface area contributed by atoms with Crippen molar-refractivity contribution in [3.05, 3.63) is 12.4 Å². The van der Waals surface area contributed by atoms with Gasteiger partial charge >= 0.3 is 5.97 Å². The second-order valence-electron chi connectivity index (χ2n) is 1.60. The van der Waals surface area contributed by atoms with Crippen LogP contribution < -0.4 is 5.32 Å². The lowest BCUT2D eigenvalue weighted by molar-refractivity contribution is -0.137. The number of rotatable bonds is 1. The first-order valence-corrected chi connectivity index (χ1v) is 2.48. The van der Waals surface area contributed by atoms with Gasteiger partial charge in [0.1, 0.15) is 0 Å². The molecule has 1 rings (SSSR count). The van der Waals surface area contributed by atoms with Crippen molar-refractivity contribution in [3.63, 3.8) is 0 Å². The van der Waals surface area contributed by atoms with Crippen LogP contribution in [0.5, 0.6) is 0 Å². The molecule has 0 aliphatic carbocycles. The summed E-state index contributed by atoms with van der Waals surface area (Å²) in [5, 5.41) is 10.9. The van der Waals surface area contributed by atoms with Gasteiger partial charge in [-0.15, -0.1) is 0 Å². The Morgan fingerprint density at radius 3 is 2.89 bits per heavy atom. The van der Waals surface area contributed by atoms with Crippen molar-refractivity contribution in [1.29, 1.82) is 0 Å². The normalized spacial score (nSPS) is 23.3. The van der Waals surface area contributed by atoms with Gasteiger partial charge in [-0.3, -0.25) is 4.99 Å². The SMILES string of the molecule is O=C(O)C1C=NC=CN1. The zero-order valence-corrected chi connectivity index (χ0v) is 4.61. The Morgan fingerprint density at radius 2 is 2.56 bits per heavy atom. The molecule has 4 nitrogen and oxygen atoms in total. The largest absolute Gasteiger partial charge is 0.479 e. The van der Waals surface area contributed by atoms with Crippen LogP contribution in [0.4, 0.5) is 0 Å². The third-order valence-corrected chi connectivity index (χ3v) is 0.938. The summed E-state index contributed by atoms with van der Waals surface area (Å²) < 4.78 is 0. The molecule has 0 radical (unpaired) electrons. The van der Waals surface area contributed by atoms with Crippen molar-refractivity contribution in [3.8, 4) is 0 Å². The average molecular weight is 126 g/mol. The topological polar surface area (TPSA) is 61.7 Å². The van der Waals surface area contributed by atoms with Crippen LogP contribution in [0.25, 0.3) is 0 Å². The van der Waals surface area contributed by atoms with E-state index in [1.807, 2.05) is 0 Å². The van der Waals surface area contributed by atoms with Crippen LogP contribution in [0.15, 0.2) is 17.4 Å². The monoisotopic (exact) mass is 126 g/mol. The second kappa shape index (κ2) is 2.30. The molecule has 48 valence electrons. The first kappa shape index (κ1) is 5.81. The van der Waals surface area contributed by atoms with E-state index in [4.69, 9.17) is 5.11 Å². The van der Waals surface area contributed by atoms with Gasteiger partial charge in [0.25, 0.3) is 0 Å². The Morgan fingerprint density at radius 1 is 1.78 bits per heavy atom. The maximum Gasteiger partial charge on any atom is 0.331 e. The van der Waals surface area contributed by atoms with Crippen LogP contribution in [0.3, 0.4) is 0 Å². The Balaban J connectivity index is 2.56. The Kier molecular flexibility index (Phi) is 1.48. The van der Waals surface area contributed by atoms with E-state index >= 15 is 0 Å². The van der Waals surface area contributed by atoms with Crippen molar-refractivity contribution < 1.29 is 9.90 Å². The van der Waals surface area contributed by atoms with Crippen molar-refractivity contribution in [1.82, 2.24) is 5.32 Å². The Bertz CT molecular complexity index is 174. The van der Waals surface area contributed by atoms with Crippen molar-refractivity contribution in [2.75, 3.05) is 0 Å². The number of carboxylic acid groups (broad SMARTS) is 1. The smallest absolute Gasteiger partial charge is 0.331 e. The lowest BCUT2D eigenvalue weighted by Crippen LogP contribution is -2.35. The van der Waals surface area contributed by atoms with E-state index in [0.29, 0.717) is 0 Å². The van der Waals surface area contributed by atoms with Crippen LogP contribution in [0, 0.1) is 0 Å². The molecule has 0 amide bonds. The lowest BCUT2D eigenvalue weighted by atomic mass is 10.3. The predicted molar refractivity (Wildman–Crippen MR) is 32.2 cm³/mol. The van der Waals surface area contributed by atoms with E-state index in [1.54, 1.807) is 0 Å². The zero-order valence-electron chi connectivity index (χ0n) is 4.61. The van der Waals surface area contributed by atoms with Crippen LogP contribution in [-0.2, 0) is 4.79 Å². The van der Waals surface area contributed by atoms with E-state index in [0.717, 1.165) is 0 Å². The van der Waals surface area contributed by atoms with Gasteiger partial charge in [0.2, 0.25) is 0 Å². The number of aliphatic carboxylic acids is 1. The van der Waals surface area contributed by atoms with Gasteiger partial charge in [-0.1, -0.05) is 0 Å². The molecule has 0 fully saturated rings. The number of nitrogens with one attached hydrogen (secondary N) is 1. The van der Waals surface area contributed by atoms with Gasteiger partial charge in [0.05, 0.1) is 0 Å². The highest BCUT2D eigenvalue weighted by atomic mass is 16.4. The van der Waals surface area contributed by atoms with Gasteiger partial charge in [-0.05, 0) is 0 Å². The zero-order chi connectivity index (χ0) is 6.69. The third kappa shape index (κ3) is 1.28. The third-order valence-electron chi connectivity index (χ3n) is 0.938. The molecule has 1 heterocycles. The quantitative estimate of drug-likeness (QED) is 0.501.